The average Bonchev–Trinajstić information content (AvgIpc) is 2.34. The molecule has 4 nitrogen and oxygen atoms in total. The summed E-state index contributed by atoms with van der Waals surface area (Å²) in [4.78, 5) is -0.611. The summed E-state index contributed by atoms with van der Waals surface area (Å²) in [5.74, 6) is 2.79. The molecule has 0 aliphatic rings. The number of nitrogens with two attached hydrogens (primary N) is 1. The van der Waals surface area contributed by atoms with Gasteiger partial charge in [0, 0.05) is 18.7 Å². The third kappa shape index (κ3) is 3.79. The Balaban J connectivity index is 3.61. The molecule has 0 fully saturated rings. The Morgan fingerprint density at radius 2 is 1.95 bits per heavy atom. The third-order valence-corrected chi connectivity index (χ3v) is 5.02. The second kappa shape index (κ2) is 6.98. The van der Waals surface area contributed by atoms with Gasteiger partial charge in [0.1, 0.15) is 16.5 Å². The molecular formula is C14H18F2N2O2S. The average molecular weight is 316 g/mol. The summed E-state index contributed by atoms with van der Waals surface area (Å²) < 4.78 is 53.7. The molecule has 0 aromatic heterocycles. The number of hydrogen-bond donors (Lipinski definition) is 1. The van der Waals surface area contributed by atoms with Crippen LogP contribution in [0.4, 0.5) is 8.78 Å². The van der Waals surface area contributed by atoms with E-state index in [0.717, 1.165) is 10.4 Å². The predicted octanol–water partition coefficient (Wildman–Crippen LogP) is 1.69. The van der Waals surface area contributed by atoms with Gasteiger partial charge in [0.15, 0.2) is 0 Å². The Morgan fingerprint density at radius 3 is 2.43 bits per heavy atom. The summed E-state index contributed by atoms with van der Waals surface area (Å²) >= 11 is 0. The molecule has 0 saturated heterocycles. The Labute approximate surface area is 124 Å². The summed E-state index contributed by atoms with van der Waals surface area (Å²) in [6, 6.07) is 1.07. The first-order chi connectivity index (χ1) is 9.75. The highest BCUT2D eigenvalue weighted by Crippen LogP contribution is 2.25. The van der Waals surface area contributed by atoms with Crippen molar-refractivity contribution < 1.29 is 17.2 Å². The zero-order valence-corrected chi connectivity index (χ0v) is 13.0. The number of rotatable bonds is 4. The second-order valence-electron chi connectivity index (χ2n) is 4.57. The molecule has 1 aromatic rings. The SMILES string of the molecule is CCN(C(C)C)S(=O)(=O)c1c(F)cc(F)cc1C#CCN. The van der Waals surface area contributed by atoms with Crippen molar-refractivity contribution in [3.63, 3.8) is 0 Å². The lowest BCUT2D eigenvalue weighted by Gasteiger charge is -2.25. The van der Waals surface area contributed by atoms with Gasteiger partial charge in [-0.05, 0) is 19.9 Å². The van der Waals surface area contributed by atoms with Gasteiger partial charge in [0.25, 0.3) is 0 Å². The molecule has 0 radical (unpaired) electrons. The van der Waals surface area contributed by atoms with E-state index in [9.17, 15) is 17.2 Å². The summed E-state index contributed by atoms with van der Waals surface area (Å²) in [6.07, 6.45) is 0. The lowest BCUT2D eigenvalue weighted by Crippen LogP contribution is -2.37. The smallest absolute Gasteiger partial charge is 0.247 e. The van der Waals surface area contributed by atoms with Crippen molar-refractivity contribution in [2.75, 3.05) is 13.1 Å². The zero-order valence-electron chi connectivity index (χ0n) is 12.2. The van der Waals surface area contributed by atoms with Crippen LogP contribution in [0, 0.1) is 23.5 Å². The molecule has 0 aliphatic heterocycles. The van der Waals surface area contributed by atoms with Crippen LogP contribution in [0.15, 0.2) is 17.0 Å². The monoisotopic (exact) mass is 316 g/mol. The van der Waals surface area contributed by atoms with Crippen LogP contribution in [-0.2, 0) is 10.0 Å². The largest absolute Gasteiger partial charge is 0.320 e. The highest BCUT2D eigenvalue weighted by molar-refractivity contribution is 7.89. The van der Waals surface area contributed by atoms with E-state index < -0.39 is 26.6 Å². The maximum Gasteiger partial charge on any atom is 0.247 e. The molecule has 1 aromatic carbocycles. The number of benzene rings is 1. The molecule has 0 spiro atoms. The lowest BCUT2D eigenvalue weighted by atomic mass is 10.2. The maximum absolute atomic E-state index is 14.0. The minimum atomic E-state index is -4.11. The quantitative estimate of drug-likeness (QED) is 0.860. The molecule has 0 amide bonds. The van der Waals surface area contributed by atoms with Gasteiger partial charge < -0.3 is 5.73 Å². The van der Waals surface area contributed by atoms with Crippen molar-refractivity contribution in [2.24, 2.45) is 5.73 Å². The Bertz CT molecular complexity index is 676. The number of nitrogens with zero attached hydrogens (tertiary/aromatic N) is 1. The van der Waals surface area contributed by atoms with Gasteiger partial charge in [-0.1, -0.05) is 18.8 Å². The van der Waals surface area contributed by atoms with E-state index in [1.807, 2.05) is 0 Å². The van der Waals surface area contributed by atoms with Gasteiger partial charge in [-0.3, -0.25) is 0 Å². The first-order valence-corrected chi connectivity index (χ1v) is 7.89. The molecule has 0 atom stereocenters. The molecule has 116 valence electrons. The topological polar surface area (TPSA) is 63.4 Å². The molecule has 0 unspecified atom stereocenters. The van der Waals surface area contributed by atoms with Gasteiger partial charge in [0.05, 0.1) is 12.1 Å². The van der Waals surface area contributed by atoms with Gasteiger partial charge in [-0.15, -0.1) is 0 Å². The number of halogens is 2. The predicted molar refractivity (Wildman–Crippen MR) is 77.0 cm³/mol. The second-order valence-corrected chi connectivity index (χ2v) is 6.40. The van der Waals surface area contributed by atoms with Crippen molar-refractivity contribution in [3.8, 4) is 11.8 Å². The number of hydrogen-bond acceptors (Lipinski definition) is 3. The summed E-state index contributed by atoms with van der Waals surface area (Å²) in [5.41, 5.74) is 5.00. The number of sulfonamides is 1. The third-order valence-electron chi connectivity index (χ3n) is 2.79. The standard InChI is InChI=1S/C14H18F2N2O2S/c1-4-18(10(2)3)21(19,20)14-11(6-5-7-17)8-12(15)9-13(14)16/h8-10H,4,7,17H2,1-3H3. The van der Waals surface area contributed by atoms with Gasteiger partial charge >= 0.3 is 0 Å². The van der Waals surface area contributed by atoms with Crippen LogP contribution in [0.3, 0.4) is 0 Å². The van der Waals surface area contributed by atoms with E-state index in [2.05, 4.69) is 11.8 Å². The highest BCUT2D eigenvalue weighted by Gasteiger charge is 2.31. The van der Waals surface area contributed by atoms with Gasteiger partial charge in [-0.25, -0.2) is 17.2 Å². The minimum absolute atomic E-state index is 0.0424. The van der Waals surface area contributed by atoms with Crippen LogP contribution in [-0.4, -0.2) is 31.9 Å². The fourth-order valence-corrected chi connectivity index (χ4v) is 3.81. The minimum Gasteiger partial charge on any atom is -0.320 e. The van der Waals surface area contributed by atoms with Crippen molar-refractivity contribution in [3.05, 3.63) is 29.3 Å². The maximum atomic E-state index is 14.0. The van der Waals surface area contributed by atoms with E-state index >= 15 is 0 Å². The van der Waals surface area contributed by atoms with Crippen LogP contribution in [0.5, 0.6) is 0 Å². The van der Waals surface area contributed by atoms with Gasteiger partial charge in [0.2, 0.25) is 10.0 Å². The van der Waals surface area contributed by atoms with E-state index in [1.54, 1.807) is 20.8 Å². The Morgan fingerprint density at radius 1 is 1.33 bits per heavy atom. The molecule has 0 saturated carbocycles. The Hall–Kier alpha value is -1.49. The molecule has 0 heterocycles. The van der Waals surface area contributed by atoms with Crippen LogP contribution in [0.2, 0.25) is 0 Å². The molecule has 7 heteroatoms. The molecule has 1 rings (SSSR count). The fraction of sp³-hybridized carbons (Fsp3) is 0.429. The molecule has 21 heavy (non-hydrogen) atoms. The Kier molecular flexibility index (Phi) is 5.84. The van der Waals surface area contributed by atoms with Crippen LogP contribution in [0.25, 0.3) is 0 Å². The normalized spacial score (nSPS) is 11.6. The van der Waals surface area contributed by atoms with Crippen LogP contribution >= 0.6 is 0 Å². The molecule has 0 aliphatic carbocycles. The molecule has 0 bridgehead atoms. The van der Waals surface area contributed by atoms with Crippen LogP contribution < -0.4 is 5.73 Å². The van der Waals surface area contributed by atoms with Crippen molar-refractivity contribution in [1.82, 2.24) is 4.31 Å². The lowest BCUT2D eigenvalue weighted by molar-refractivity contribution is 0.366. The molecular weight excluding hydrogens is 298 g/mol. The summed E-state index contributed by atoms with van der Waals surface area (Å²) in [5, 5.41) is 0. The van der Waals surface area contributed by atoms with Gasteiger partial charge in [-0.2, -0.15) is 4.31 Å². The van der Waals surface area contributed by atoms with E-state index in [0.29, 0.717) is 6.07 Å². The summed E-state index contributed by atoms with van der Waals surface area (Å²) in [6.45, 7) is 5.12. The zero-order chi connectivity index (χ0) is 16.2. The van der Waals surface area contributed by atoms with Crippen molar-refractivity contribution >= 4 is 10.0 Å². The van der Waals surface area contributed by atoms with Crippen molar-refractivity contribution in [1.29, 1.82) is 0 Å². The first kappa shape index (κ1) is 17.6. The van der Waals surface area contributed by atoms with E-state index in [1.165, 1.54) is 0 Å². The highest BCUT2D eigenvalue weighted by atomic mass is 32.2. The first-order valence-electron chi connectivity index (χ1n) is 6.45. The summed E-state index contributed by atoms with van der Waals surface area (Å²) in [7, 11) is -4.11. The van der Waals surface area contributed by atoms with E-state index in [-0.39, 0.29) is 24.7 Å². The fourth-order valence-electron chi connectivity index (χ4n) is 1.99. The molecule has 2 N–H and O–H groups in total. The van der Waals surface area contributed by atoms with E-state index in [4.69, 9.17) is 5.73 Å². The van der Waals surface area contributed by atoms with Crippen molar-refractivity contribution in [2.45, 2.75) is 31.7 Å². The van der Waals surface area contributed by atoms with Crippen LogP contribution in [0.1, 0.15) is 26.3 Å².